The lowest BCUT2D eigenvalue weighted by atomic mass is 10.1. The summed E-state index contributed by atoms with van der Waals surface area (Å²) in [4.78, 5) is 44.9. The maximum absolute atomic E-state index is 11.6. The highest BCUT2D eigenvalue weighted by Gasteiger charge is 2.04. The van der Waals surface area contributed by atoms with Gasteiger partial charge >= 0.3 is 24.1 Å². The Morgan fingerprint density at radius 1 is 0.658 bits per heavy atom. The highest BCUT2D eigenvalue weighted by molar-refractivity contribution is 5.81. The first-order chi connectivity index (χ1) is 18.4. The zero-order valence-electron chi connectivity index (χ0n) is 21.4. The standard InChI is InChI=1S/C26H36N2O10/c1-3-23(29)35-14-5-12-27-25(31)37-16-11-21-7-9-22(10-8-21)34-19-17-33-18-20-38-26(32)28-13-6-15-36-24(30)4-2/h3-4,7-10H,1-2,5-6,11-20H2,(H,27,31)(H,28,32). The number of alkyl carbamates (subject to hydrolysis) is 2. The quantitative estimate of drug-likeness (QED) is 0.110. The van der Waals surface area contributed by atoms with Crippen LogP contribution in [-0.4, -0.2) is 83.5 Å². The van der Waals surface area contributed by atoms with Gasteiger partial charge in [-0.2, -0.15) is 0 Å². The largest absolute Gasteiger partial charge is 0.491 e. The van der Waals surface area contributed by atoms with Crippen LogP contribution in [-0.2, 0) is 39.7 Å². The molecule has 0 fully saturated rings. The second kappa shape index (κ2) is 21.1. The van der Waals surface area contributed by atoms with E-state index in [1.165, 1.54) is 0 Å². The Balaban J connectivity index is 2.00. The van der Waals surface area contributed by atoms with Crippen molar-refractivity contribution in [2.45, 2.75) is 19.3 Å². The van der Waals surface area contributed by atoms with E-state index in [2.05, 4.69) is 23.8 Å². The Labute approximate surface area is 222 Å². The molecular weight excluding hydrogens is 500 g/mol. The fourth-order valence-corrected chi connectivity index (χ4v) is 2.62. The summed E-state index contributed by atoms with van der Waals surface area (Å²) in [6.45, 7) is 8.79. The molecule has 0 radical (unpaired) electrons. The number of amides is 2. The minimum Gasteiger partial charge on any atom is -0.491 e. The first-order valence-electron chi connectivity index (χ1n) is 12.1. The van der Waals surface area contributed by atoms with Gasteiger partial charge in [0.25, 0.3) is 0 Å². The fourth-order valence-electron chi connectivity index (χ4n) is 2.62. The van der Waals surface area contributed by atoms with Crippen LogP contribution in [0.4, 0.5) is 9.59 Å². The van der Waals surface area contributed by atoms with Crippen LogP contribution in [0.5, 0.6) is 5.75 Å². The van der Waals surface area contributed by atoms with Crippen molar-refractivity contribution >= 4 is 24.1 Å². The van der Waals surface area contributed by atoms with E-state index in [-0.39, 0.29) is 33.0 Å². The van der Waals surface area contributed by atoms with Crippen LogP contribution in [0.3, 0.4) is 0 Å². The Morgan fingerprint density at radius 2 is 1.18 bits per heavy atom. The molecule has 0 aliphatic carbocycles. The van der Waals surface area contributed by atoms with Crippen LogP contribution in [0.15, 0.2) is 49.6 Å². The van der Waals surface area contributed by atoms with Gasteiger partial charge in [-0.15, -0.1) is 0 Å². The Bertz CT molecular complexity index is 873. The van der Waals surface area contributed by atoms with Gasteiger partial charge < -0.3 is 39.1 Å². The third kappa shape index (κ3) is 17.4. The molecule has 0 bridgehead atoms. The lowest BCUT2D eigenvalue weighted by Crippen LogP contribution is -2.27. The van der Waals surface area contributed by atoms with Crippen molar-refractivity contribution in [2.24, 2.45) is 0 Å². The molecule has 0 heterocycles. The minimum atomic E-state index is -0.574. The molecule has 0 aromatic heterocycles. The number of ether oxygens (including phenoxy) is 6. The maximum atomic E-state index is 11.6. The van der Waals surface area contributed by atoms with Crippen LogP contribution in [0.25, 0.3) is 0 Å². The molecule has 2 N–H and O–H groups in total. The van der Waals surface area contributed by atoms with Crippen molar-refractivity contribution in [1.82, 2.24) is 10.6 Å². The number of benzene rings is 1. The van der Waals surface area contributed by atoms with Gasteiger partial charge in [0.15, 0.2) is 0 Å². The summed E-state index contributed by atoms with van der Waals surface area (Å²) < 4.78 is 30.6. The summed E-state index contributed by atoms with van der Waals surface area (Å²) in [7, 11) is 0. The highest BCUT2D eigenvalue weighted by Crippen LogP contribution is 2.12. The van der Waals surface area contributed by atoms with E-state index in [1.54, 1.807) is 0 Å². The summed E-state index contributed by atoms with van der Waals surface area (Å²) in [5.41, 5.74) is 0.978. The molecule has 0 spiro atoms. The van der Waals surface area contributed by atoms with Gasteiger partial charge in [-0.1, -0.05) is 25.3 Å². The Hall–Kier alpha value is -4.06. The zero-order valence-corrected chi connectivity index (χ0v) is 21.4. The summed E-state index contributed by atoms with van der Waals surface area (Å²) in [6.07, 6.45) is 2.54. The van der Waals surface area contributed by atoms with Gasteiger partial charge in [0.2, 0.25) is 0 Å². The van der Waals surface area contributed by atoms with E-state index in [0.717, 1.165) is 17.7 Å². The van der Waals surface area contributed by atoms with E-state index < -0.39 is 24.1 Å². The number of hydrogen-bond acceptors (Lipinski definition) is 10. The fraction of sp³-hybridized carbons (Fsp3) is 0.462. The number of carbonyl (C=O) groups is 4. The summed E-state index contributed by atoms with van der Waals surface area (Å²) in [5, 5.41) is 5.12. The van der Waals surface area contributed by atoms with Gasteiger partial charge in [0.05, 0.1) is 33.0 Å². The van der Waals surface area contributed by atoms with Crippen molar-refractivity contribution in [3.8, 4) is 5.75 Å². The number of rotatable bonds is 20. The molecule has 0 atom stereocenters. The van der Waals surface area contributed by atoms with E-state index in [9.17, 15) is 19.2 Å². The van der Waals surface area contributed by atoms with Crippen molar-refractivity contribution < 1.29 is 47.6 Å². The second-order valence-electron chi connectivity index (χ2n) is 7.43. The van der Waals surface area contributed by atoms with Crippen LogP contribution in [0.2, 0.25) is 0 Å². The SMILES string of the molecule is C=CC(=O)OCCCNC(=O)OCCOCCOc1ccc(CCOC(=O)NCCCOC(=O)C=C)cc1. The second-order valence-corrected chi connectivity index (χ2v) is 7.43. The molecule has 0 saturated carbocycles. The summed E-state index contributed by atoms with van der Waals surface area (Å²) in [6, 6.07) is 7.38. The minimum absolute atomic E-state index is 0.0945. The van der Waals surface area contributed by atoms with Crippen molar-refractivity contribution in [2.75, 3.05) is 59.3 Å². The molecule has 0 aliphatic heterocycles. The first-order valence-corrected chi connectivity index (χ1v) is 12.1. The number of nitrogens with one attached hydrogen (secondary N) is 2. The molecule has 1 aromatic rings. The maximum Gasteiger partial charge on any atom is 0.407 e. The van der Waals surface area contributed by atoms with E-state index in [1.807, 2.05) is 24.3 Å². The van der Waals surface area contributed by atoms with Gasteiger partial charge in [0, 0.05) is 31.7 Å². The van der Waals surface area contributed by atoms with Crippen LogP contribution in [0, 0.1) is 0 Å². The molecule has 12 nitrogen and oxygen atoms in total. The third-order valence-electron chi connectivity index (χ3n) is 4.51. The number of hydrogen-bond donors (Lipinski definition) is 2. The van der Waals surface area contributed by atoms with Gasteiger partial charge in [-0.05, 0) is 30.5 Å². The predicted molar refractivity (Wildman–Crippen MR) is 137 cm³/mol. The van der Waals surface area contributed by atoms with Crippen molar-refractivity contribution in [1.29, 1.82) is 0 Å². The lowest BCUT2D eigenvalue weighted by Gasteiger charge is -2.10. The predicted octanol–water partition coefficient (Wildman–Crippen LogP) is 2.32. The van der Waals surface area contributed by atoms with Crippen molar-refractivity contribution in [3.63, 3.8) is 0 Å². The van der Waals surface area contributed by atoms with Gasteiger partial charge in [0.1, 0.15) is 19.0 Å². The van der Waals surface area contributed by atoms with Gasteiger partial charge in [-0.25, -0.2) is 19.2 Å². The summed E-state index contributed by atoms with van der Waals surface area (Å²) >= 11 is 0. The van der Waals surface area contributed by atoms with E-state index in [4.69, 9.17) is 28.4 Å². The van der Waals surface area contributed by atoms with Gasteiger partial charge in [-0.3, -0.25) is 0 Å². The monoisotopic (exact) mass is 536 g/mol. The topological polar surface area (TPSA) is 148 Å². The average Bonchev–Trinajstić information content (AvgIpc) is 2.92. The molecular formula is C26H36N2O10. The zero-order chi connectivity index (χ0) is 27.8. The highest BCUT2D eigenvalue weighted by atomic mass is 16.6. The molecule has 0 aliphatic rings. The molecule has 38 heavy (non-hydrogen) atoms. The molecule has 210 valence electrons. The molecule has 12 heteroatoms. The molecule has 0 unspecified atom stereocenters. The normalized spacial score (nSPS) is 10.0. The Kier molecular flexibility index (Phi) is 17.7. The summed E-state index contributed by atoms with van der Waals surface area (Å²) in [5.74, 6) is -0.334. The number of esters is 2. The van der Waals surface area contributed by atoms with E-state index in [0.29, 0.717) is 51.3 Å². The number of carbonyl (C=O) groups excluding carboxylic acids is 4. The molecule has 2 amide bonds. The van der Waals surface area contributed by atoms with Crippen molar-refractivity contribution in [3.05, 3.63) is 55.1 Å². The smallest absolute Gasteiger partial charge is 0.407 e. The molecule has 1 rings (SSSR count). The molecule has 0 saturated heterocycles. The average molecular weight is 537 g/mol. The van der Waals surface area contributed by atoms with Crippen LogP contribution < -0.4 is 15.4 Å². The van der Waals surface area contributed by atoms with Crippen LogP contribution >= 0.6 is 0 Å². The van der Waals surface area contributed by atoms with E-state index >= 15 is 0 Å². The lowest BCUT2D eigenvalue weighted by molar-refractivity contribution is -0.138. The molecule has 1 aromatic carbocycles. The third-order valence-corrected chi connectivity index (χ3v) is 4.51. The van der Waals surface area contributed by atoms with Crippen LogP contribution in [0.1, 0.15) is 18.4 Å². The Morgan fingerprint density at radius 3 is 1.74 bits per heavy atom. The first kappa shape index (κ1) is 32.0.